The molecule has 2 heterocycles. The first kappa shape index (κ1) is 20.3. The van der Waals surface area contributed by atoms with Crippen LogP contribution in [0.5, 0.6) is 11.5 Å². The van der Waals surface area contributed by atoms with Crippen molar-refractivity contribution in [3.63, 3.8) is 0 Å². The van der Waals surface area contributed by atoms with E-state index in [-0.39, 0.29) is 0 Å². The van der Waals surface area contributed by atoms with Crippen LogP contribution in [0.25, 0.3) is 21.7 Å². The SMILES string of the molecule is CCc1ncc(Cc2cnc3ccc(NSN)cc3c2)c2cc(OC)c(OC)cc12. The Bertz CT molecular complexity index is 1210. The van der Waals surface area contributed by atoms with Crippen molar-refractivity contribution in [1.29, 1.82) is 0 Å². The second kappa shape index (κ2) is 8.77. The van der Waals surface area contributed by atoms with E-state index in [0.29, 0.717) is 11.5 Å². The Kier molecular flexibility index (Phi) is 5.92. The van der Waals surface area contributed by atoms with Crippen LogP contribution in [-0.2, 0) is 12.8 Å². The first-order valence-electron chi connectivity index (χ1n) is 9.69. The summed E-state index contributed by atoms with van der Waals surface area (Å²) in [5, 5.41) is 8.80. The van der Waals surface area contributed by atoms with Gasteiger partial charge in [0.2, 0.25) is 0 Å². The average molecular weight is 421 g/mol. The maximum absolute atomic E-state index is 5.54. The normalized spacial score (nSPS) is 11.1. The van der Waals surface area contributed by atoms with E-state index in [0.717, 1.165) is 69.2 Å². The molecule has 0 fully saturated rings. The summed E-state index contributed by atoms with van der Waals surface area (Å²) >= 11 is 1.08. The summed E-state index contributed by atoms with van der Waals surface area (Å²) < 4.78 is 14.1. The lowest BCUT2D eigenvalue weighted by Gasteiger charge is -2.14. The smallest absolute Gasteiger partial charge is 0.161 e. The van der Waals surface area contributed by atoms with E-state index < -0.39 is 0 Å². The summed E-state index contributed by atoms with van der Waals surface area (Å²) in [6.07, 6.45) is 5.45. The van der Waals surface area contributed by atoms with Crippen molar-refractivity contribution in [3.05, 3.63) is 65.6 Å². The highest BCUT2D eigenvalue weighted by Gasteiger charge is 2.13. The maximum Gasteiger partial charge on any atom is 0.161 e. The lowest BCUT2D eigenvalue weighted by Crippen LogP contribution is -1.99. The molecular weight excluding hydrogens is 396 g/mol. The second-order valence-corrected chi connectivity index (χ2v) is 7.42. The zero-order chi connectivity index (χ0) is 21.1. The summed E-state index contributed by atoms with van der Waals surface area (Å²) in [5.41, 5.74) is 5.17. The third kappa shape index (κ3) is 3.86. The van der Waals surface area contributed by atoms with E-state index in [1.807, 2.05) is 36.7 Å². The number of hydrogen-bond acceptors (Lipinski definition) is 7. The monoisotopic (exact) mass is 420 g/mol. The van der Waals surface area contributed by atoms with Crippen molar-refractivity contribution in [1.82, 2.24) is 9.97 Å². The van der Waals surface area contributed by atoms with E-state index in [2.05, 4.69) is 28.8 Å². The number of aryl methyl sites for hydroxylation is 1. The summed E-state index contributed by atoms with van der Waals surface area (Å²) in [5.74, 6) is 1.43. The van der Waals surface area contributed by atoms with Crippen LogP contribution in [-0.4, -0.2) is 24.2 Å². The minimum atomic E-state index is 0.712. The minimum Gasteiger partial charge on any atom is -0.493 e. The van der Waals surface area contributed by atoms with Crippen molar-refractivity contribution < 1.29 is 9.47 Å². The van der Waals surface area contributed by atoms with Gasteiger partial charge in [-0.2, -0.15) is 0 Å². The number of rotatable bonds is 7. The van der Waals surface area contributed by atoms with Crippen molar-refractivity contribution in [2.24, 2.45) is 5.14 Å². The molecular formula is C23H24N4O2S. The zero-order valence-corrected chi connectivity index (χ0v) is 18.0. The second-order valence-electron chi connectivity index (χ2n) is 6.98. The molecule has 0 aliphatic rings. The van der Waals surface area contributed by atoms with Gasteiger partial charge in [0.25, 0.3) is 0 Å². The lowest BCUT2D eigenvalue weighted by molar-refractivity contribution is 0.356. The number of aromatic nitrogens is 2. The fourth-order valence-electron chi connectivity index (χ4n) is 3.73. The highest BCUT2D eigenvalue weighted by Crippen LogP contribution is 2.35. The van der Waals surface area contributed by atoms with Gasteiger partial charge in [-0.05, 0) is 59.3 Å². The molecule has 0 unspecified atom stereocenters. The van der Waals surface area contributed by atoms with Gasteiger partial charge in [0, 0.05) is 53.1 Å². The predicted molar refractivity (Wildman–Crippen MR) is 124 cm³/mol. The van der Waals surface area contributed by atoms with Crippen molar-refractivity contribution >= 4 is 39.5 Å². The molecule has 0 atom stereocenters. The van der Waals surface area contributed by atoms with Crippen LogP contribution >= 0.6 is 12.1 Å². The van der Waals surface area contributed by atoms with Crippen molar-refractivity contribution in [2.45, 2.75) is 19.8 Å². The molecule has 154 valence electrons. The maximum atomic E-state index is 5.54. The third-order valence-electron chi connectivity index (χ3n) is 5.20. The van der Waals surface area contributed by atoms with Gasteiger partial charge < -0.3 is 14.2 Å². The Labute approximate surface area is 180 Å². The predicted octanol–water partition coefficient (Wildman–Crippen LogP) is 4.89. The number of hydrogen-bond donors (Lipinski definition) is 2. The summed E-state index contributed by atoms with van der Waals surface area (Å²) in [7, 11) is 3.31. The number of ether oxygens (including phenoxy) is 2. The molecule has 0 amide bonds. The fraction of sp³-hybridized carbons (Fsp3) is 0.217. The standard InChI is InChI=1S/C23H24N4O2S/c1-4-20-19-11-23(29-3)22(28-2)10-18(19)16(13-26-20)8-14-7-15-9-17(27-30-24)5-6-21(15)25-12-14/h5-7,9-13,27H,4,8,24H2,1-3H3. The highest BCUT2D eigenvalue weighted by atomic mass is 32.2. The van der Waals surface area contributed by atoms with Crippen LogP contribution in [0.2, 0.25) is 0 Å². The van der Waals surface area contributed by atoms with Crippen LogP contribution in [0.15, 0.2) is 48.8 Å². The van der Waals surface area contributed by atoms with E-state index in [1.54, 1.807) is 14.2 Å². The van der Waals surface area contributed by atoms with Gasteiger partial charge in [0.15, 0.2) is 11.5 Å². The lowest BCUT2D eigenvalue weighted by atomic mass is 9.98. The highest BCUT2D eigenvalue weighted by molar-refractivity contribution is 7.98. The van der Waals surface area contributed by atoms with Gasteiger partial charge in [-0.25, -0.2) is 0 Å². The van der Waals surface area contributed by atoms with E-state index in [9.17, 15) is 0 Å². The van der Waals surface area contributed by atoms with Gasteiger partial charge in [-0.1, -0.05) is 6.92 Å². The topological polar surface area (TPSA) is 82.3 Å². The van der Waals surface area contributed by atoms with Crippen LogP contribution in [0.3, 0.4) is 0 Å². The molecule has 6 nitrogen and oxygen atoms in total. The van der Waals surface area contributed by atoms with E-state index >= 15 is 0 Å². The molecule has 4 rings (SSSR count). The molecule has 30 heavy (non-hydrogen) atoms. The number of fused-ring (bicyclic) bond motifs is 2. The Balaban J connectivity index is 1.79. The van der Waals surface area contributed by atoms with Gasteiger partial charge >= 0.3 is 0 Å². The molecule has 0 aliphatic heterocycles. The Hall–Kier alpha value is -3.03. The van der Waals surface area contributed by atoms with E-state index in [1.165, 1.54) is 0 Å². The summed E-state index contributed by atoms with van der Waals surface area (Å²) in [6.45, 7) is 2.11. The molecule has 0 saturated heterocycles. The van der Waals surface area contributed by atoms with Crippen LogP contribution in [0, 0.1) is 0 Å². The molecule has 0 bridgehead atoms. The number of anilines is 1. The van der Waals surface area contributed by atoms with Gasteiger partial charge in [0.05, 0.1) is 19.7 Å². The average Bonchev–Trinajstić information content (AvgIpc) is 2.78. The quantitative estimate of drug-likeness (QED) is 0.412. The molecule has 0 saturated carbocycles. The number of nitrogens with one attached hydrogen (secondary N) is 1. The molecule has 0 radical (unpaired) electrons. The number of nitrogens with two attached hydrogens (primary N) is 1. The van der Waals surface area contributed by atoms with E-state index in [4.69, 9.17) is 19.6 Å². The Morgan fingerprint density at radius 3 is 2.43 bits per heavy atom. The number of nitrogens with zero attached hydrogens (tertiary/aromatic N) is 2. The largest absolute Gasteiger partial charge is 0.493 e. The molecule has 4 aromatic rings. The molecule has 2 aromatic carbocycles. The Morgan fingerprint density at radius 2 is 1.73 bits per heavy atom. The summed E-state index contributed by atoms with van der Waals surface area (Å²) in [4.78, 5) is 9.33. The summed E-state index contributed by atoms with van der Waals surface area (Å²) in [6, 6.07) is 12.2. The minimum absolute atomic E-state index is 0.712. The fourth-order valence-corrected chi connectivity index (χ4v) is 3.99. The molecule has 2 aromatic heterocycles. The molecule has 7 heteroatoms. The number of methoxy groups -OCH3 is 2. The third-order valence-corrected chi connectivity index (χ3v) is 5.55. The molecule has 0 aliphatic carbocycles. The Morgan fingerprint density at radius 1 is 0.967 bits per heavy atom. The number of benzene rings is 2. The molecule has 3 N–H and O–H groups in total. The zero-order valence-electron chi connectivity index (χ0n) is 17.2. The van der Waals surface area contributed by atoms with Crippen molar-refractivity contribution in [2.75, 3.05) is 18.9 Å². The number of pyridine rings is 2. The van der Waals surface area contributed by atoms with Crippen LogP contribution in [0.4, 0.5) is 5.69 Å². The van der Waals surface area contributed by atoms with Crippen LogP contribution < -0.4 is 19.3 Å². The first-order chi connectivity index (χ1) is 14.7. The van der Waals surface area contributed by atoms with Gasteiger partial charge in [-0.3, -0.25) is 15.1 Å². The first-order valence-corrected chi connectivity index (χ1v) is 10.6. The van der Waals surface area contributed by atoms with Crippen molar-refractivity contribution in [3.8, 4) is 11.5 Å². The molecule has 0 spiro atoms. The van der Waals surface area contributed by atoms with Gasteiger partial charge in [-0.15, -0.1) is 0 Å². The van der Waals surface area contributed by atoms with Crippen LogP contribution in [0.1, 0.15) is 23.7 Å². The van der Waals surface area contributed by atoms with Gasteiger partial charge in [0.1, 0.15) is 0 Å².